The van der Waals surface area contributed by atoms with Crippen molar-refractivity contribution in [3.8, 4) is 34.5 Å². The first-order valence-corrected chi connectivity index (χ1v) is 10.6. The molecule has 0 bridgehead atoms. The second-order valence-corrected chi connectivity index (χ2v) is 7.93. The molecule has 0 spiro atoms. The molecule has 6 rings (SSSR count). The van der Waals surface area contributed by atoms with Crippen LogP contribution >= 0.6 is 0 Å². The predicted molar refractivity (Wildman–Crippen MR) is 116 cm³/mol. The van der Waals surface area contributed by atoms with Crippen molar-refractivity contribution in [3.63, 3.8) is 0 Å². The van der Waals surface area contributed by atoms with Gasteiger partial charge in [0.25, 0.3) is 5.91 Å². The van der Waals surface area contributed by atoms with Crippen molar-refractivity contribution in [2.75, 3.05) is 20.7 Å². The third-order valence-electron chi connectivity index (χ3n) is 6.00. The first kappa shape index (κ1) is 19.6. The molecule has 0 radical (unpaired) electrons. The largest absolute Gasteiger partial charge is 0.497 e. The fourth-order valence-corrected chi connectivity index (χ4v) is 4.30. The van der Waals surface area contributed by atoms with E-state index in [0.717, 1.165) is 16.9 Å². The minimum Gasteiger partial charge on any atom is -0.497 e. The van der Waals surface area contributed by atoms with Gasteiger partial charge in [-0.1, -0.05) is 12.1 Å². The summed E-state index contributed by atoms with van der Waals surface area (Å²) in [6.07, 6.45) is -0.659. The number of amides is 1. The van der Waals surface area contributed by atoms with Gasteiger partial charge in [0, 0.05) is 6.54 Å². The van der Waals surface area contributed by atoms with E-state index in [1.807, 2.05) is 36.4 Å². The van der Waals surface area contributed by atoms with Crippen LogP contribution in [0.1, 0.15) is 17.2 Å². The van der Waals surface area contributed by atoms with Crippen LogP contribution in [0.25, 0.3) is 0 Å². The SMILES string of the molecule is COc1ccc(OC2C(=O)N(Cc3ccc4c(c3)OCO4)C2c2ccc3c(c2)OCO3)cc1. The first-order chi connectivity index (χ1) is 16.2. The maximum Gasteiger partial charge on any atom is 0.267 e. The van der Waals surface area contributed by atoms with Crippen LogP contribution in [-0.2, 0) is 11.3 Å². The van der Waals surface area contributed by atoms with Crippen molar-refractivity contribution in [2.45, 2.75) is 18.7 Å². The van der Waals surface area contributed by atoms with Crippen molar-refractivity contribution < 1.29 is 33.2 Å². The Morgan fingerprint density at radius 1 is 0.818 bits per heavy atom. The van der Waals surface area contributed by atoms with Crippen molar-refractivity contribution >= 4 is 5.91 Å². The van der Waals surface area contributed by atoms with Crippen molar-refractivity contribution in [1.29, 1.82) is 0 Å². The molecule has 1 fully saturated rings. The van der Waals surface area contributed by atoms with Crippen LogP contribution in [0, 0.1) is 0 Å². The Kier molecular flexibility index (Phi) is 4.64. The molecule has 3 heterocycles. The van der Waals surface area contributed by atoms with Gasteiger partial charge in [-0.05, 0) is 59.7 Å². The van der Waals surface area contributed by atoms with Gasteiger partial charge in [0.2, 0.25) is 19.7 Å². The number of fused-ring (bicyclic) bond motifs is 2. The highest BCUT2D eigenvalue weighted by Gasteiger charge is 2.50. The van der Waals surface area contributed by atoms with Gasteiger partial charge in [0.1, 0.15) is 17.5 Å². The van der Waals surface area contributed by atoms with Crippen LogP contribution in [0.5, 0.6) is 34.5 Å². The average Bonchev–Trinajstić information content (AvgIpc) is 3.52. The molecular formula is C25H21NO7. The minimum atomic E-state index is -0.659. The van der Waals surface area contributed by atoms with Gasteiger partial charge in [0.15, 0.2) is 23.0 Å². The number of nitrogens with zero attached hydrogens (tertiary/aromatic N) is 1. The zero-order chi connectivity index (χ0) is 22.4. The van der Waals surface area contributed by atoms with Crippen molar-refractivity contribution in [2.24, 2.45) is 0 Å². The summed E-state index contributed by atoms with van der Waals surface area (Å²) in [5.74, 6) is 3.98. The zero-order valence-corrected chi connectivity index (χ0v) is 17.9. The van der Waals surface area contributed by atoms with Gasteiger partial charge in [-0.25, -0.2) is 0 Å². The van der Waals surface area contributed by atoms with Gasteiger partial charge in [-0.2, -0.15) is 0 Å². The fourth-order valence-electron chi connectivity index (χ4n) is 4.30. The predicted octanol–water partition coefficient (Wildman–Crippen LogP) is 3.68. The van der Waals surface area contributed by atoms with E-state index in [0.29, 0.717) is 35.3 Å². The molecule has 1 amide bonds. The number of likely N-dealkylation sites (tertiary alicyclic amines) is 1. The van der Waals surface area contributed by atoms with Crippen LogP contribution in [0.4, 0.5) is 0 Å². The Balaban J connectivity index is 1.29. The highest BCUT2D eigenvalue weighted by Crippen LogP contribution is 2.43. The number of benzene rings is 3. The van der Waals surface area contributed by atoms with E-state index in [4.69, 9.17) is 28.4 Å². The van der Waals surface area contributed by atoms with E-state index in [1.54, 1.807) is 36.3 Å². The summed E-state index contributed by atoms with van der Waals surface area (Å²) in [4.78, 5) is 15.0. The molecule has 1 saturated heterocycles. The second-order valence-electron chi connectivity index (χ2n) is 7.93. The van der Waals surface area contributed by atoms with Crippen LogP contribution in [0.15, 0.2) is 60.7 Å². The molecule has 0 saturated carbocycles. The third-order valence-corrected chi connectivity index (χ3v) is 6.00. The van der Waals surface area contributed by atoms with Gasteiger partial charge in [0.05, 0.1) is 7.11 Å². The summed E-state index contributed by atoms with van der Waals surface area (Å²) in [7, 11) is 1.61. The van der Waals surface area contributed by atoms with Crippen molar-refractivity contribution in [3.05, 3.63) is 71.8 Å². The lowest BCUT2D eigenvalue weighted by Crippen LogP contribution is -2.60. The van der Waals surface area contributed by atoms with Gasteiger partial charge in [-0.15, -0.1) is 0 Å². The molecule has 3 aliphatic heterocycles. The lowest BCUT2D eigenvalue weighted by Gasteiger charge is -2.46. The maximum atomic E-state index is 13.2. The fraction of sp³-hybridized carbons (Fsp3) is 0.240. The summed E-state index contributed by atoms with van der Waals surface area (Å²) in [5.41, 5.74) is 1.86. The monoisotopic (exact) mass is 447 g/mol. The molecule has 2 atom stereocenters. The summed E-state index contributed by atoms with van der Waals surface area (Å²) in [6, 6.07) is 18.3. The van der Waals surface area contributed by atoms with E-state index >= 15 is 0 Å². The van der Waals surface area contributed by atoms with Crippen LogP contribution in [-0.4, -0.2) is 37.6 Å². The number of hydrogen-bond acceptors (Lipinski definition) is 7. The number of β-lactam (4-membered cyclic amide) rings is 1. The third kappa shape index (κ3) is 3.44. The van der Waals surface area contributed by atoms with Crippen LogP contribution in [0.2, 0.25) is 0 Å². The topological polar surface area (TPSA) is 75.7 Å². The molecule has 2 unspecified atom stereocenters. The van der Waals surface area contributed by atoms with E-state index < -0.39 is 6.10 Å². The lowest BCUT2D eigenvalue weighted by molar-refractivity contribution is -0.165. The molecule has 3 aliphatic rings. The molecule has 33 heavy (non-hydrogen) atoms. The molecule has 8 heteroatoms. The Hall–Kier alpha value is -4.07. The quantitative estimate of drug-likeness (QED) is 0.534. The summed E-state index contributed by atoms with van der Waals surface area (Å²) >= 11 is 0. The molecular weight excluding hydrogens is 426 g/mol. The summed E-state index contributed by atoms with van der Waals surface area (Å²) in [5, 5.41) is 0. The van der Waals surface area contributed by atoms with Gasteiger partial charge in [-0.3, -0.25) is 4.79 Å². The smallest absolute Gasteiger partial charge is 0.267 e. The average molecular weight is 447 g/mol. The Labute approximate surface area is 190 Å². The molecule has 8 nitrogen and oxygen atoms in total. The Bertz CT molecular complexity index is 1210. The maximum absolute atomic E-state index is 13.2. The van der Waals surface area contributed by atoms with E-state index in [9.17, 15) is 4.79 Å². The van der Waals surface area contributed by atoms with E-state index in [2.05, 4.69) is 0 Å². The number of ether oxygens (including phenoxy) is 6. The van der Waals surface area contributed by atoms with E-state index in [-0.39, 0.29) is 25.5 Å². The Morgan fingerprint density at radius 2 is 1.45 bits per heavy atom. The van der Waals surface area contributed by atoms with Crippen LogP contribution < -0.4 is 28.4 Å². The van der Waals surface area contributed by atoms with Crippen molar-refractivity contribution in [1.82, 2.24) is 4.90 Å². The summed E-state index contributed by atoms with van der Waals surface area (Å²) in [6.45, 7) is 0.811. The number of carbonyl (C=O) groups excluding carboxylic acids is 1. The lowest BCUT2D eigenvalue weighted by atomic mass is 9.89. The molecule has 168 valence electrons. The number of carbonyl (C=O) groups is 1. The number of hydrogen-bond donors (Lipinski definition) is 0. The van der Waals surface area contributed by atoms with E-state index in [1.165, 1.54) is 0 Å². The number of methoxy groups -OCH3 is 1. The highest BCUT2D eigenvalue weighted by atomic mass is 16.7. The normalized spacial score (nSPS) is 19.9. The molecule has 3 aromatic carbocycles. The summed E-state index contributed by atoms with van der Waals surface area (Å²) < 4.78 is 33.2. The van der Waals surface area contributed by atoms with Gasteiger partial charge < -0.3 is 33.3 Å². The second kappa shape index (κ2) is 7.81. The molecule has 0 aromatic heterocycles. The number of rotatable bonds is 6. The first-order valence-electron chi connectivity index (χ1n) is 10.6. The molecule has 0 N–H and O–H groups in total. The Morgan fingerprint density at radius 3 is 2.18 bits per heavy atom. The standard InChI is InChI=1S/C25H21NO7/c1-28-17-4-6-18(7-5-17)33-24-23(16-3-9-20-22(11-16)32-14-30-20)26(25(24)27)12-15-2-8-19-21(10-15)31-13-29-19/h2-11,23-24H,12-14H2,1H3. The van der Waals surface area contributed by atoms with Crippen LogP contribution in [0.3, 0.4) is 0 Å². The van der Waals surface area contributed by atoms with Gasteiger partial charge >= 0.3 is 0 Å². The molecule has 3 aromatic rings. The highest BCUT2D eigenvalue weighted by molar-refractivity contribution is 5.89. The minimum absolute atomic E-state index is 0.0915. The zero-order valence-electron chi connectivity index (χ0n) is 17.9. The molecule has 0 aliphatic carbocycles.